The summed E-state index contributed by atoms with van der Waals surface area (Å²) in [5.41, 5.74) is 0. The number of halogens is 2. The molecular formula is C14H25BCl2N2. The Kier molecular flexibility index (Phi) is 4.06. The topological polar surface area (TPSA) is 6.25 Å². The van der Waals surface area contributed by atoms with Crippen LogP contribution in [0.2, 0.25) is 0 Å². The summed E-state index contributed by atoms with van der Waals surface area (Å²) in [5.74, 6) is 1.34. The smallest absolute Gasteiger partial charge is 0.393 e. The summed E-state index contributed by atoms with van der Waals surface area (Å²) in [7, 11) is 0. The molecule has 2 nitrogen and oxygen atoms in total. The minimum Gasteiger partial charge on any atom is -0.393 e. The minimum atomic E-state index is -1.50. The third kappa shape index (κ3) is 2.42. The monoisotopic (exact) mass is 302 g/mol. The molecule has 0 aromatic rings. The van der Waals surface area contributed by atoms with Crippen LogP contribution in [0.3, 0.4) is 0 Å². The molecule has 2 saturated carbocycles. The molecule has 0 bridgehead atoms. The van der Waals surface area contributed by atoms with Crippen LogP contribution in [0.5, 0.6) is 0 Å². The highest BCUT2D eigenvalue weighted by molar-refractivity contribution is 7.41. The molecule has 108 valence electrons. The molecule has 5 heteroatoms. The van der Waals surface area contributed by atoms with Crippen molar-refractivity contribution in [3.05, 3.63) is 0 Å². The fraction of sp³-hybridized carbons (Fsp3) is 0.929. The summed E-state index contributed by atoms with van der Waals surface area (Å²) in [5, 5.41) is -1.50. The predicted octanol–water partition coefficient (Wildman–Crippen LogP) is 4.31. The van der Waals surface area contributed by atoms with Crippen molar-refractivity contribution in [2.75, 3.05) is 0 Å². The van der Waals surface area contributed by atoms with E-state index in [1.807, 2.05) is 0 Å². The molecule has 3 aliphatic rings. The maximum absolute atomic E-state index is 6.76. The van der Waals surface area contributed by atoms with E-state index in [4.69, 9.17) is 22.9 Å². The molecule has 0 saturated heterocycles. The van der Waals surface area contributed by atoms with Crippen molar-refractivity contribution in [1.29, 1.82) is 0 Å². The lowest BCUT2D eigenvalue weighted by atomic mass is 9.80. The van der Waals surface area contributed by atoms with Crippen LogP contribution in [0, 0.1) is 0 Å². The molecule has 19 heavy (non-hydrogen) atoms. The van der Waals surface area contributed by atoms with E-state index in [9.17, 15) is 0 Å². The van der Waals surface area contributed by atoms with Gasteiger partial charge in [0.1, 0.15) is 0 Å². The van der Waals surface area contributed by atoms with Crippen molar-refractivity contribution in [2.24, 2.45) is 0 Å². The summed E-state index contributed by atoms with van der Waals surface area (Å²) >= 11 is 13.5. The van der Waals surface area contributed by atoms with E-state index in [-0.39, 0.29) is 0 Å². The van der Waals surface area contributed by atoms with Crippen LogP contribution < -0.4 is 0 Å². The van der Waals surface area contributed by atoms with E-state index in [1.165, 1.54) is 70.0 Å². The molecule has 0 atom stereocenters. The van der Waals surface area contributed by atoms with E-state index in [0.717, 1.165) is 0 Å². The van der Waals surface area contributed by atoms with Gasteiger partial charge in [-0.05, 0) is 51.4 Å². The number of rotatable bonds is 2. The zero-order chi connectivity index (χ0) is 13.5. The van der Waals surface area contributed by atoms with Crippen LogP contribution in [0.25, 0.3) is 0 Å². The molecule has 0 N–H and O–H groups in total. The molecule has 2 fully saturated rings. The predicted molar refractivity (Wildman–Crippen MR) is 84.0 cm³/mol. The zero-order valence-electron chi connectivity index (χ0n) is 12.0. The van der Waals surface area contributed by atoms with Crippen molar-refractivity contribution in [2.45, 2.75) is 83.2 Å². The number of hydrogen-bond donors (Lipinski definition) is 0. The summed E-state index contributed by atoms with van der Waals surface area (Å²) in [6.07, 6.45) is 13.1. The number of nitrogens with zero attached hydrogens (tertiary/aromatic N) is 2. The molecule has 1 aliphatic heterocycles. The second-order valence-corrected chi connectivity index (χ2v) is 7.97. The van der Waals surface area contributed by atoms with Gasteiger partial charge in [-0.2, -0.15) is 0 Å². The molecule has 0 aromatic carbocycles. The molecule has 0 unspecified atom stereocenters. The van der Waals surface area contributed by atoms with Gasteiger partial charge in [-0.25, -0.2) is 0 Å². The SMILES string of the molecule is CC1=[N+](C2CCCCC2)[B-](Cl)(Cl)N1C1CCCCC1. The van der Waals surface area contributed by atoms with Gasteiger partial charge in [0.15, 0.2) is 5.84 Å². The Morgan fingerprint density at radius 3 is 2.00 bits per heavy atom. The third-order valence-electron chi connectivity index (χ3n) is 5.35. The molecular weight excluding hydrogens is 278 g/mol. The van der Waals surface area contributed by atoms with Crippen LogP contribution >= 0.6 is 22.9 Å². The molecule has 2 aliphatic carbocycles. The fourth-order valence-corrected chi connectivity index (χ4v) is 5.62. The van der Waals surface area contributed by atoms with Crippen LogP contribution in [0.4, 0.5) is 0 Å². The lowest BCUT2D eigenvalue weighted by molar-refractivity contribution is -0.478. The Labute approximate surface area is 126 Å². The Bertz CT molecular complexity index is 372. The van der Waals surface area contributed by atoms with Gasteiger partial charge in [0.2, 0.25) is 0 Å². The Morgan fingerprint density at radius 1 is 0.947 bits per heavy atom. The largest absolute Gasteiger partial charge is 0.548 e. The normalized spacial score (nSPS) is 29.5. The van der Waals surface area contributed by atoms with E-state index < -0.39 is 5.25 Å². The highest BCUT2D eigenvalue weighted by Crippen LogP contribution is 2.40. The van der Waals surface area contributed by atoms with Crippen LogP contribution in [-0.4, -0.2) is 32.5 Å². The fourth-order valence-electron chi connectivity index (χ4n) is 4.41. The third-order valence-corrected chi connectivity index (χ3v) is 6.19. The van der Waals surface area contributed by atoms with E-state index in [2.05, 4.69) is 16.2 Å². The molecule has 0 aromatic heterocycles. The summed E-state index contributed by atoms with van der Waals surface area (Å²) in [4.78, 5) is 2.34. The first-order valence-corrected chi connectivity index (χ1v) is 8.92. The van der Waals surface area contributed by atoms with Gasteiger partial charge in [-0.3, -0.25) is 22.9 Å². The average Bonchev–Trinajstić information content (AvgIpc) is 2.40. The molecule has 0 spiro atoms. The Morgan fingerprint density at radius 2 is 1.47 bits per heavy atom. The summed E-state index contributed by atoms with van der Waals surface area (Å²) in [6.45, 7) is 2.22. The Balaban J connectivity index is 1.78. The van der Waals surface area contributed by atoms with Gasteiger partial charge < -0.3 is 9.30 Å². The maximum atomic E-state index is 6.76. The second kappa shape index (κ2) is 5.48. The number of hydrogen-bond acceptors (Lipinski definition) is 1. The highest BCUT2D eigenvalue weighted by Gasteiger charge is 2.56. The Hall–Kier alpha value is 0.115. The van der Waals surface area contributed by atoms with Crippen molar-refractivity contribution < 1.29 is 4.49 Å². The van der Waals surface area contributed by atoms with Gasteiger partial charge in [-0.1, -0.05) is 12.8 Å². The average molecular weight is 303 g/mol. The molecule has 1 heterocycles. The van der Waals surface area contributed by atoms with Gasteiger partial charge in [0.25, 0.3) is 0 Å². The first-order valence-electron chi connectivity index (χ1n) is 8.05. The van der Waals surface area contributed by atoms with Gasteiger partial charge in [-0.15, -0.1) is 0 Å². The molecule has 3 rings (SSSR count). The van der Waals surface area contributed by atoms with Gasteiger partial charge in [0, 0.05) is 6.92 Å². The lowest BCUT2D eigenvalue weighted by Gasteiger charge is -2.55. The van der Waals surface area contributed by atoms with Crippen molar-refractivity contribution >= 4 is 34.0 Å². The first-order chi connectivity index (χ1) is 9.12. The zero-order valence-corrected chi connectivity index (χ0v) is 13.5. The lowest BCUT2D eigenvalue weighted by Crippen LogP contribution is -2.74. The summed E-state index contributed by atoms with van der Waals surface area (Å²) in [6, 6.07) is 1.17. The minimum absolute atomic E-state index is 0.587. The first kappa shape index (κ1) is 14.1. The summed E-state index contributed by atoms with van der Waals surface area (Å²) < 4.78 is 2.34. The standard InChI is InChI=1S/C14H25BCl2N2/c1-12-18(13-8-4-2-5-9-13)15(16,17)19(12)14-10-6-3-7-11-14/h13-14H,2-11H2,1H3. The van der Waals surface area contributed by atoms with Crippen LogP contribution in [0.15, 0.2) is 0 Å². The van der Waals surface area contributed by atoms with Crippen molar-refractivity contribution in [3.63, 3.8) is 0 Å². The van der Waals surface area contributed by atoms with E-state index in [0.29, 0.717) is 12.1 Å². The van der Waals surface area contributed by atoms with Crippen molar-refractivity contribution in [1.82, 2.24) is 4.81 Å². The number of amidine groups is 1. The van der Waals surface area contributed by atoms with E-state index in [1.54, 1.807) is 0 Å². The second-order valence-electron chi connectivity index (χ2n) is 6.53. The highest BCUT2D eigenvalue weighted by atomic mass is 35.5. The van der Waals surface area contributed by atoms with Gasteiger partial charge >= 0.3 is 5.25 Å². The molecule has 0 amide bonds. The molecule has 0 radical (unpaired) electrons. The quantitative estimate of drug-likeness (QED) is 0.689. The van der Waals surface area contributed by atoms with Crippen LogP contribution in [0.1, 0.15) is 71.1 Å². The maximum Gasteiger partial charge on any atom is 0.548 e. The van der Waals surface area contributed by atoms with Crippen molar-refractivity contribution in [3.8, 4) is 0 Å². The van der Waals surface area contributed by atoms with Gasteiger partial charge in [0.05, 0.1) is 12.1 Å². The van der Waals surface area contributed by atoms with Crippen LogP contribution in [-0.2, 0) is 0 Å². The van der Waals surface area contributed by atoms with E-state index >= 15 is 0 Å².